The normalized spacial score (nSPS) is 17.0. The number of hydroxylamine groups is 4. The molecule has 144 valence electrons. The Hall–Kier alpha value is -1.67. The Morgan fingerprint density at radius 3 is 2.42 bits per heavy atom. The van der Waals surface area contributed by atoms with Gasteiger partial charge in [0.25, 0.3) is 5.91 Å². The lowest BCUT2D eigenvalue weighted by molar-refractivity contribution is -0.228. The van der Waals surface area contributed by atoms with Crippen LogP contribution >= 0.6 is 11.6 Å². The Labute approximate surface area is 158 Å². The molecule has 0 atom stereocenters. The van der Waals surface area contributed by atoms with Crippen molar-refractivity contribution in [3.05, 3.63) is 33.8 Å². The third-order valence-electron chi connectivity index (χ3n) is 5.11. The van der Waals surface area contributed by atoms with E-state index in [-0.39, 0.29) is 19.3 Å². The number of carbonyl (C=O) groups excluding carboxylic acids is 2. The van der Waals surface area contributed by atoms with Gasteiger partial charge >= 0.3 is 5.97 Å². The summed E-state index contributed by atoms with van der Waals surface area (Å²) in [6, 6.07) is 3.60. The highest BCUT2D eigenvalue weighted by Crippen LogP contribution is 2.31. The van der Waals surface area contributed by atoms with E-state index in [1.807, 2.05) is 19.9 Å². The van der Waals surface area contributed by atoms with E-state index in [0.29, 0.717) is 23.2 Å². The number of esters is 1. The molecule has 0 spiro atoms. The zero-order chi connectivity index (χ0) is 19.5. The molecule has 1 aromatic carbocycles. The van der Waals surface area contributed by atoms with Crippen LogP contribution in [-0.2, 0) is 25.6 Å². The van der Waals surface area contributed by atoms with Gasteiger partial charge in [0.15, 0.2) is 5.54 Å². The van der Waals surface area contributed by atoms with Gasteiger partial charge in [-0.15, -0.1) is 0 Å². The zero-order valence-corrected chi connectivity index (χ0v) is 16.3. The first-order valence-electron chi connectivity index (χ1n) is 8.40. The van der Waals surface area contributed by atoms with Crippen molar-refractivity contribution in [2.75, 3.05) is 27.3 Å². The van der Waals surface area contributed by atoms with Crippen molar-refractivity contribution in [2.45, 2.75) is 38.6 Å². The number of hydrogen-bond acceptors (Lipinski definition) is 6. The molecule has 0 aromatic heterocycles. The zero-order valence-electron chi connectivity index (χ0n) is 15.5. The predicted molar refractivity (Wildman–Crippen MR) is 95.8 cm³/mol. The van der Waals surface area contributed by atoms with Crippen LogP contribution in [0.1, 0.15) is 29.5 Å². The quantitative estimate of drug-likeness (QED) is 0.476. The van der Waals surface area contributed by atoms with E-state index >= 15 is 0 Å². The van der Waals surface area contributed by atoms with Crippen LogP contribution in [-0.4, -0.2) is 60.1 Å². The number of amides is 1. The highest BCUT2D eigenvalue weighted by Gasteiger charge is 2.49. The van der Waals surface area contributed by atoms with Crippen LogP contribution in [0.25, 0.3) is 0 Å². The molecule has 26 heavy (non-hydrogen) atoms. The Morgan fingerprint density at radius 1 is 1.27 bits per heavy atom. The van der Waals surface area contributed by atoms with Crippen LogP contribution in [0.5, 0.6) is 0 Å². The van der Waals surface area contributed by atoms with Crippen molar-refractivity contribution in [3.8, 4) is 0 Å². The van der Waals surface area contributed by atoms with Gasteiger partial charge in [0.05, 0.1) is 20.6 Å². The van der Waals surface area contributed by atoms with Gasteiger partial charge in [0, 0.05) is 18.1 Å². The lowest BCUT2D eigenvalue weighted by Gasteiger charge is -2.42. The van der Waals surface area contributed by atoms with Gasteiger partial charge in [-0.05, 0) is 49.4 Å². The van der Waals surface area contributed by atoms with Crippen LogP contribution in [0.4, 0.5) is 0 Å². The number of piperidine rings is 1. The number of hydrogen-bond donors (Lipinski definition) is 1. The van der Waals surface area contributed by atoms with Crippen molar-refractivity contribution in [2.24, 2.45) is 0 Å². The van der Waals surface area contributed by atoms with E-state index in [1.54, 1.807) is 11.1 Å². The van der Waals surface area contributed by atoms with Crippen LogP contribution < -0.4 is 0 Å². The van der Waals surface area contributed by atoms with E-state index < -0.39 is 17.4 Å². The summed E-state index contributed by atoms with van der Waals surface area (Å²) in [5, 5.41) is 13.4. The Kier molecular flexibility index (Phi) is 6.63. The summed E-state index contributed by atoms with van der Waals surface area (Å²) in [5.41, 5.74) is 1.02. The molecule has 0 radical (unpaired) electrons. The molecule has 0 aliphatic carbocycles. The number of rotatable bonds is 5. The van der Waals surface area contributed by atoms with Crippen molar-refractivity contribution in [1.29, 1.82) is 0 Å². The highest BCUT2D eigenvalue weighted by atomic mass is 35.5. The average molecular weight is 385 g/mol. The first kappa shape index (κ1) is 20.6. The van der Waals surface area contributed by atoms with Gasteiger partial charge in [-0.25, -0.2) is 9.86 Å². The Bertz CT molecular complexity index is 686. The minimum atomic E-state index is -1.42. The van der Waals surface area contributed by atoms with Crippen molar-refractivity contribution < 1.29 is 24.4 Å². The number of carbonyl (C=O) groups is 2. The molecule has 1 aromatic rings. The largest absolute Gasteiger partial charge is 0.467 e. The Morgan fingerprint density at radius 2 is 1.88 bits per heavy atom. The maximum absolute atomic E-state index is 12.8. The monoisotopic (exact) mass is 384 g/mol. The number of methoxy groups -OCH3 is 1. The van der Waals surface area contributed by atoms with Gasteiger partial charge in [0.2, 0.25) is 0 Å². The molecule has 1 saturated heterocycles. The summed E-state index contributed by atoms with van der Waals surface area (Å²) in [7, 11) is 2.79. The van der Waals surface area contributed by atoms with E-state index in [4.69, 9.17) is 21.2 Å². The number of halogens is 1. The van der Waals surface area contributed by atoms with E-state index in [9.17, 15) is 14.8 Å². The number of ether oxygens (including phenoxy) is 1. The molecule has 0 bridgehead atoms. The summed E-state index contributed by atoms with van der Waals surface area (Å²) in [6.45, 7) is 4.49. The molecule has 1 aliphatic rings. The predicted octanol–water partition coefficient (Wildman–Crippen LogP) is 2.29. The summed E-state index contributed by atoms with van der Waals surface area (Å²) < 4.78 is 4.88. The van der Waals surface area contributed by atoms with Crippen molar-refractivity contribution in [3.63, 3.8) is 0 Å². The maximum Gasteiger partial charge on any atom is 0.334 e. The van der Waals surface area contributed by atoms with Crippen LogP contribution in [0.15, 0.2) is 12.1 Å². The van der Waals surface area contributed by atoms with Gasteiger partial charge in [-0.3, -0.25) is 10.0 Å². The van der Waals surface area contributed by atoms with E-state index in [1.165, 1.54) is 14.2 Å². The summed E-state index contributed by atoms with van der Waals surface area (Å²) in [4.78, 5) is 30.4. The molecule has 0 saturated carbocycles. The molecule has 1 N–H and O–H groups in total. The molecule has 1 aliphatic heterocycles. The second-order valence-corrected chi connectivity index (χ2v) is 6.89. The third-order valence-corrected chi connectivity index (χ3v) is 5.52. The number of benzene rings is 1. The van der Waals surface area contributed by atoms with Gasteiger partial charge in [-0.2, -0.15) is 5.06 Å². The molecule has 2 rings (SSSR count). The fraction of sp³-hybridized carbons (Fsp3) is 0.556. The van der Waals surface area contributed by atoms with Crippen LogP contribution in [0, 0.1) is 13.8 Å². The topological polar surface area (TPSA) is 79.3 Å². The van der Waals surface area contributed by atoms with Crippen LogP contribution in [0.2, 0.25) is 5.02 Å². The second-order valence-electron chi connectivity index (χ2n) is 6.48. The number of nitrogens with zero attached hydrogens (tertiary/aromatic N) is 2. The standard InChI is InChI=1S/C18H25ClN2O5/c1-12-5-6-15(19)13(2)14(12)11-16(22)21(24)18(17(23)25-3)7-9-20(26-4)10-8-18/h5-6,24H,7-11H2,1-4H3. The fourth-order valence-corrected chi connectivity index (χ4v) is 3.51. The SMILES string of the molecule is COC(=O)C1(N(O)C(=O)Cc2c(C)ccc(Cl)c2C)CCN(OC)CC1. The van der Waals surface area contributed by atoms with E-state index in [2.05, 4.69) is 0 Å². The lowest BCUT2D eigenvalue weighted by Crippen LogP contribution is -2.61. The summed E-state index contributed by atoms with van der Waals surface area (Å²) in [6.07, 6.45) is 0.369. The molecule has 8 heteroatoms. The van der Waals surface area contributed by atoms with Gasteiger partial charge < -0.3 is 9.57 Å². The minimum absolute atomic E-state index is 0.0541. The second kappa shape index (κ2) is 8.35. The molecule has 1 fully saturated rings. The lowest BCUT2D eigenvalue weighted by atomic mass is 9.87. The first-order valence-corrected chi connectivity index (χ1v) is 8.78. The van der Waals surface area contributed by atoms with E-state index in [0.717, 1.165) is 16.7 Å². The Balaban J connectivity index is 2.26. The van der Waals surface area contributed by atoms with Crippen molar-refractivity contribution >= 4 is 23.5 Å². The average Bonchev–Trinajstić information content (AvgIpc) is 2.66. The van der Waals surface area contributed by atoms with Gasteiger partial charge in [0.1, 0.15) is 0 Å². The maximum atomic E-state index is 12.8. The first-order chi connectivity index (χ1) is 12.3. The minimum Gasteiger partial charge on any atom is -0.467 e. The molecule has 0 unspecified atom stereocenters. The fourth-order valence-electron chi connectivity index (χ4n) is 3.33. The smallest absolute Gasteiger partial charge is 0.334 e. The summed E-state index contributed by atoms with van der Waals surface area (Å²) in [5.74, 6) is -1.21. The van der Waals surface area contributed by atoms with Crippen molar-refractivity contribution in [1.82, 2.24) is 10.1 Å². The highest BCUT2D eigenvalue weighted by molar-refractivity contribution is 6.31. The number of aryl methyl sites for hydroxylation is 1. The molecule has 1 heterocycles. The van der Waals surface area contributed by atoms with Crippen LogP contribution in [0.3, 0.4) is 0 Å². The third kappa shape index (κ3) is 3.86. The summed E-state index contributed by atoms with van der Waals surface area (Å²) >= 11 is 6.15. The van der Waals surface area contributed by atoms with Gasteiger partial charge in [-0.1, -0.05) is 17.7 Å². The molecular weight excluding hydrogens is 360 g/mol. The molecular formula is C18H25ClN2O5. The molecule has 1 amide bonds. The molecule has 7 nitrogen and oxygen atoms in total.